The Kier molecular flexibility index (Phi) is 6.54. The fourth-order valence-corrected chi connectivity index (χ4v) is 2.09. The molecular formula is C18H20FNO3. The molecule has 1 aromatic carbocycles. The first kappa shape index (κ1) is 16.9. The topological polar surface area (TPSA) is 48.4 Å². The number of aryl methyl sites for hydroxylation is 1. The van der Waals surface area contributed by atoms with Crippen molar-refractivity contribution < 1.29 is 18.7 Å². The van der Waals surface area contributed by atoms with Gasteiger partial charge in [0.05, 0.1) is 6.61 Å². The van der Waals surface area contributed by atoms with Gasteiger partial charge in [-0.05, 0) is 43.9 Å². The summed E-state index contributed by atoms with van der Waals surface area (Å²) < 4.78 is 23.8. The third-order valence-corrected chi connectivity index (χ3v) is 3.25. The Labute approximate surface area is 135 Å². The Hall–Kier alpha value is -2.43. The molecule has 0 aliphatic carbocycles. The summed E-state index contributed by atoms with van der Waals surface area (Å²) in [6, 6.07) is 9.82. The molecular weight excluding hydrogens is 297 g/mol. The van der Waals surface area contributed by atoms with Crippen LogP contribution in [0.15, 0.2) is 42.6 Å². The highest BCUT2D eigenvalue weighted by Crippen LogP contribution is 2.22. The Morgan fingerprint density at radius 2 is 2.00 bits per heavy atom. The van der Waals surface area contributed by atoms with Crippen molar-refractivity contribution >= 4 is 5.97 Å². The van der Waals surface area contributed by atoms with Gasteiger partial charge < -0.3 is 9.47 Å². The summed E-state index contributed by atoms with van der Waals surface area (Å²) in [4.78, 5) is 15.4. The van der Waals surface area contributed by atoms with Crippen molar-refractivity contribution in [2.24, 2.45) is 0 Å². The number of aromatic nitrogens is 1. The molecule has 0 unspecified atom stereocenters. The Bertz CT molecular complexity index is 628. The maximum absolute atomic E-state index is 13.5. The van der Waals surface area contributed by atoms with Crippen molar-refractivity contribution in [3.63, 3.8) is 0 Å². The van der Waals surface area contributed by atoms with Crippen molar-refractivity contribution in [1.82, 2.24) is 4.98 Å². The predicted octanol–water partition coefficient (Wildman–Crippen LogP) is 4.29. The molecule has 1 aromatic heterocycles. The minimum atomic E-state index is -0.419. The lowest BCUT2D eigenvalue weighted by atomic mass is 10.1. The normalized spacial score (nSPS) is 10.3. The number of ether oxygens (including phenoxy) is 2. The van der Waals surface area contributed by atoms with Crippen molar-refractivity contribution in [3.8, 4) is 11.6 Å². The molecule has 0 radical (unpaired) electrons. The molecule has 0 spiro atoms. The highest BCUT2D eigenvalue weighted by molar-refractivity contribution is 5.69. The first-order chi connectivity index (χ1) is 11.2. The van der Waals surface area contributed by atoms with Crippen LogP contribution in [0.5, 0.6) is 11.6 Å². The Balaban J connectivity index is 1.78. The van der Waals surface area contributed by atoms with Crippen LogP contribution < -0.4 is 4.74 Å². The lowest BCUT2D eigenvalue weighted by molar-refractivity contribution is -0.143. The van der Waals surface area contributed by atoms with Gasteiger partial charge >= 0.3 is 5.97 Å². The van der Waals surface area contributed by atoms with Gasteiger partial charge in [-0.1, -0.05) is 18.2 Å². The number of para-hydroxylation sites is 1. The van der Waals surface area contributed by atoms with Crippen LogP contribution >= 0.6 is 0 Å². The number of benzene rings is 1. The van der Waals surface area contributed by atoms with Crippen molar-refractivity contribution in [1.29, 1.82) is 0 Å². The zero-order chi connectivity index (χ0) is 16.5. The molecule has 2 rings (SSSR count). The maximum Gasteiger partial charge on any atom is 0.305 e. The van der Waals surface area contributed by atoms with Crippen LogP contribution in [0.1, 0.15) is 31.7 Å². The fraction of sp³-hybridized carbons (Fsp3) is 0.333. The summed E-state index contributed by atoms with van der Waals surface area (Å²) in [6.07, 6.45) is 4.64. The van der Waals surface area contributed by atoms with E-state index < -0.39 is 5.82 Å². The van der Waals surface area contributed by atoms with E-state index in [1.165, 1.54) is 6.07 Å². The van der Waals surface area contributed by atoms with E-state index in [1.54, 1.807) is 37.4 Å². The summed E-state index contributed by atoms with van der Waals surface area (Å²) in [5, 5.41) is 0. The van der Waals surface area contributed by atoms with Gasteiger partial charge in [-0.3, -0.25) is 4.79 Å². The minimum absolute atomic E-state index is 0.153. The smallest absolute Gasteiger partial charge is 0.305 e. The number of esters is 1. The molecule has 5 heteroatoms. The summed E-state index contributed by atoms with van der Waals surface area (Å²) >= 11 is 0. The number of nitrogens with zero attached hydrogens (tertiary/aromatic N) is 1. The molecule has 0 saturated heterocycles. The summed E-state index contributed by atoms with van der Waals surface area (Å²) in [5.74, 6) is -0.0656. The Morgan fingerprint density at radius 1 is 1.17 bits per heavy atom. The van der Waals surface area contributed by atoms with Crippen LogP contribution in [0.2, 0.25) is 0 Å². The average Bonchev–Trinajstić information content (AvgIpc) is 2.55. The molecule has 0 saturated carbocycles. The van der Waals surface area contributed by atoms with Crippen LogP contribution in [0.3, 0.4) is 0 Å². The summed E-state index contributed by atoms with van der Waals surface area (Å²) in [7, 11) is 0. The van der Waals surface area contributed by atoms with E-state index in [9.17, 15) is 9.18 Å². The maximum atomic E-state index is 13.5. The van der Waals surface area contributed by atoms with Gasteiger partial charge in [0.2, 0.25) is 5.88 Å². The molecule has 0 aliphatic heterocycles. The molecule has 0 fully saturated rings. The van der Waals surface area contributed by atoms with Crippen LogP contribution in [-0.4, -0.2) is 17.6 Å². The van der Waals surface area contributed by atoms with Gasteiger partial charge in [-0.2, -0.15) is 0 Å². The number of hydrogen-bond donors (Lipinski definition) is 0. The van der Waals surface area contributed by atoms with Crippen molar-refractivity contribution in [2.75, 3.05) is 6.61 Å². The first-order valence-electron chi connectivity index (χ1n) is 7.72. The number of unbranched alkanes of at least 4 members (excludes halogenated alkanes) is 1. The highest BCUT2D eigenvalue weighted by atomic mass is 19.1. The van der Waals surface area contributed by atoms with E-state index in [-0.39, 0.29) is 11.7 Å². The molecule has 1 heterocycles. The van der Waals surface area contributed by atoms with Gasteiger partial charge in [-0.15, -0.1) is 0 Å². The average molecular weight is 317 g/mol. The van der Waals surface area contributed by atoms with Gasteiger partial charge in [0, 0.05) is 18.7 Å². The van der Waals surface area contributed by atoms with Crippen LogP contribution in [0.4, 0.5) is 4.39 Å². The largest absolute Gasteiger partial charge is 0.466 e. The number of hydrogen-bond acceptors (Lipinski definition) is 4. The number of carbonyl (C=O) groups is 1. The third-order valence-electron chi connectivity index (χ3n) is 3.25. The van der Waals surface area contributed by atoms with Gasteiger partial charge in [0.1, 0.15) is 0 Å². The molecule has 122 valence electrons. The van der Waals surface area contributed by atoms with E-state index in [2.05, 4.69) is 4.98 Å². The lowest BCUT2D eigenvalue weighted by Crippen LogP contribution is -2.03. The molecule has 0 N–H and O–H groups in total. The van der Waals surface area contributed by atoms with Crippen molar-refractivity contribution in [2.45, 2.75) is 32.6 Å². The number of rotatable bonds is 8. The SMILES string of the molecule is CCOC(=O)CCCCc1ccc(Oc2ccccc2F)nc1. The number of pyridine rings is 1. The quantitative estimate of drug-likeness (QED) is 0.538. The minimum Gasteiger partial charge on any atom is -0.466 e. The van der Waals surface area contributed by atoms with Gasteiger partial charge in [0.25, 0.3) is 0 Å². The number of carbonyl (C=O) groups excluding carboxylic acids is 1. The highest BCUT2D eigenvalue weighted by Gasteiger charge is 2.05. The second-order valence-corrected chi connectivity index (χ2v) is 5.05. The van der Waals surface area contributed by atoms with E-state index in [4.69, 9.17) is 9.47 Å². The zero-order valence-electron chi connectivity index (χ0n) is 13.1. The zero-order valence-corrected chi connectivity index (χ0v) is 13.1. The van der Waals surface area contributed by atoms with Gasteiger partial charge in [0.15, 0.2) is 11.6 Å². The third kappa shape index (κ3) is 5.70. The molecule has 2 aromatic rings. The summed E-state index contributed by atoms with van der Waals surface area (Å²) in [6.45, 7) is 2.22. The second-order valence-electron chi connectivity index (χ2n) is 5.05. The van der Waals surface area contributed by atoms with Crippen molar-refractivity contribution in [3.05, 3.63) is 54.0 Å². The first-order valence-corrected chi connectivity index (χ1v) is 7.72. The Morgan fingerprint density at radius 3 is 2.70 bits per heavy atom. The summed E-state index contributed by atoms with van der Waals surface area (Å²) in [5.41, 5.74) is 1.05. The lowest BCUT2D eigenvalue weighted by Gasteiger charge is -2.06. The molecule has 4 nitrogen and oxygen atoms in total. The molecule has 23 heavy (non-hydrogen) atoms. The van der Waals surface area contributed by atoms with Gasteiger partial charge in [-0.25, -0.2) is 9.37 Å². The van der Waals surface area contributed by atoms with Crippen LogP contribution in [0, 0.1) is 5.82 Å². The van der Waals surface area contributed by atoms with Crippen LogP contribution in [-0.2, 0) is 16.0 Å². The standard InChI is InChI=1S/C18H20FNO3/c1-2-22-18(21)10-6-3-7-14-11-12-17(20-13-14)23-16-9-5-4-8-15(16)19/h4-5,8-9,11-13H,2-3,6-7,10H2,1H3. The van der Waals surface area contributed by atoms with E-state index in [0.29, 0.717) is 18.9 Å². The number of halogens is 1. The van der Waals surface area contributed by atoms with E-state index >= 15 is 0 Å². The molecule has 0 atom stereocenters. The van der Waals surface area contributed by atoms with E-state index in [0.717, 1.165) is 24.8 Å². The predicted molar refractivity (Wildman–Crippen MR) is 84.9 cm³/mol. The molecule has 0 bridgehead atoms. The fourth-order valence-electron chi connectivity index (χ4n) is 2.09. The molecule has 0 amide bonds. The second kappa shape index (κ2) is 8.88. The van der Waals surface area contributed by atoms with Crippen LogP contribution in [0.25, 0.3) is 0 Å². The van der Waals surface area contributed by atoms with E-state index in [1.807, 2.05) is 6.07 Å². The molecule has 0 aliphatic rings. The monoisotopic (exact) mass is 317 g/mol.